The third-order valence-electron chi connectivity index (χ3n) is 4.22. The van der Waals surface area contributed by atoms with Crippen molar-refractivity contribution in [3.05, 3.63) is 77.0 Å². The average Bonchev–Trinajstić information content (AvgIpc) is 3.33. The molecule has 0 aliphatic heterocycles. The van der Waals surface area contributed by atoms with Crippen molar-refractivity contribution in [1.29, 1.82) is 0 Å². The minimum Gasteiger partial charge on any atom is -0.320 e. The number of rotatable bonds is 4. The van der Waals surface area contributed by atoms with Crippen molar-refractivity contribution in [2.24, 2.45) is 0 Å². The van der Waals surface area contributed by atoms with Gasteiger partial charge in [-0.05, 0) is 32.0 Å². The molecule has 8 nitrogen and oxygen atoms in total. The van der Waals surface area contributed by atoms with Crippen LogP contribution in [0.15, 0.2) is 55.1 Å². The summed E-state index contributed by atoms with van der Waals surface area (Å²) >= 11 is 6.25. The van der Waals surface area contributed by atoms with Gasteiger partial charge in [0.1, 0.15) is 0 Å². The number of aryl methyl sites for hydroxylation is 1. The molecule has 140 valence electrons. The van der Waals surface area contributed by atoms with Crippen molar-refractivity contribution in [3.8, 4) is 11.5 Å². The van der Waals surface area contributed by atoms with Gasteiger partial charge in [0.2, 0.25) is 0 Å². The molecule has 0 saturated heterocycles. The maximum Gasteiger partial charge on any atom is 0.259 e. The molecule has 0 spiro atoms. The van der Waals surface area contributed by atoms with Crippen molar-refractivity contribution in [2.75, 3.05) is 5.32 Å². The van der Waals surface area contributed by atoms with E-state index in [1.807, 2.05) is 38.1 Å². The fraction of sp³-hybridized carbons (Fsp3) is 0.105. The predicted molar refractivity (Wildman–Crippen MR) is 105 cm³/mol. The predicted octanol–water partition coefficient (Wildman–Crippen LogP) is 3.37. The maximum absolute atomic E-state index is 12.7. The first kappa shape index (κ1) is 17.9. The van der Waals surface area contributed by atoms with E-state index in [4.69, 9.17) is 11.6 Å². The maximum atomic E-state index is 12.7. The summed E-state index contributed by atoms with van der Waals surface area (Å²) in [5.41, 5.74) is 3.72. The van der Waals surface area contributed by atoms with Crippen molar-refractivity contribution >= 4 is 23.2 Å². The lowest BCUT2D eigenvalue weighted by Crippen LogP contribution is -2.14. The van der Waals surface area contributed by atoms with Gasteiger partial charge in [0.15, 0.2) is 5.82 Å². The molecule has 9 heteroatoms. The van der Waals surface area contributed by atoms with Gasteiger partial charge in [-0.25, -0.2) is 9.67 Å². The number of carbonyl (C=O) groups is 1. The Balaban J connectivity index is 1.56. The zero-order chi connectivity index (χ0) is 19.7. The monoisotopic (exact) mass is 393 g/mol. The molecule has 1 N–H and O–H groups in total. The molecule has 0 atom stereocenters. The Labute approximate surface area is 165 Å². The number of carbonyl (C=O) groups excluding carboxylic acids is 1. The molecule has 3 aromatic heterocycles. The Hall–Kier alpha value is -3.52. The average molecular weight is 394 g/mol. The Morgan fingerprint density at radius 1 is 1.04 bits per heavy atom. The summed E-state index contributed by atoms with van der Waals surface area (Å²) in [5.74, 6) is 0.0896. The van der Waals surface area contributed by atoms with Crippen LogP contribution in [0.25, 0.3) is 11.5 Å². The number of hydrogen-bond donors (Lipinski definition) is 1. The van der Waals surface area contributed by atoms with Gasteiger partial charge in [0.25, 0.3) is 5.91 Å². The van der Waals surface area contributed by atoms with Crippen molar-refractivity contribution < 1.29 is 4.79 Å². The Bertz CT molecular complexity index is 1130. The van der Waals surface area contributed by atoms with Gasteiger partial charge in [0, 0.05) is 0 Å². The van der Waals surface area contributed by atoms with Gasteiger partial charge < -0.3 is 5.32 Å². The van der Waals surface area contributed by atoms with Crippen LogP contribution >= 0.6 is 11.6 Å². The smallest absolute Gasteiger partial charge is 0.259 e. The summed E-state index contributed by atoms with van der Waals surface area (Å²) in [6.45, 7) is 3.87. The van der Waals surface area contributed by atoms with Gasteiger partial charge in [0.05, 0.1) is 52.4 Å². The van der Waals surface area contributed by atoms with Gasteiger partial charge in [-0.3, -0.25) is 4.79 Å². The minimum absolute atomic E-state index is 0.293. The van der Waals surface area contributed by atoms with Gasteiger partial charge in [-0.15, -0.1) is 4.80 Å². The first-order valence-electron chi connectivity index (χ1n) is 8.48. The van der Waals surface area contributed by atoms with Gasteiger partial charge in [-0.2, -0.15) is 15.3 Å². The molecule has 4 aromatic rings. The van der Waals surface area contributed by atoms with E-state index in [0.29, 0.717) is 22.1 Å². The molecule has 3 heterocycles. The highest BCUT2D eigenvalue weighted by Gasteiger charge is 2.16. The standard InChI is InChI=1S/C19H16ClN7O/c1-12-3-5-15(6-4-12)26-13(2)16(11-24-26)19(28)25-14-9-17(20)18(21-10-14)27-22-7-8-23-27/h3-11H,1-2H3,(H,25,28). The largest absolute Gasteiger partial charge is 0.320 e. The molecule has 0 aliphatic rings. The van der Waals surface area contributed by atoms with Gasteiger partial charge >= 0.3 is 0 Å². The minimum atomic E-state index is -0.293. The Kier molecular flexibility index (Phi) is 4.62. The van der Waals surface area contributed by atoms with Crippen LogP contribution in [-0.4, -0.2) is 35.7 Å². The van der Waals surface area contributed by atoms with E-state index >= 15 is 0 Å². The number of nitrogens with one attached hydrogen (secondary N) is 1. The molecular formula is C19H16ClN7O. The van der Waals surface area contributed by atoms with E-state index in [-0.39, 0.29) is 5.91 Å². The lowest BCUT2D eigenvalue weighted by atomic mass is 10.2. The van der Waals surface area contributed by atoms with Gasteiger partial charge in [-0.1, -0.05) is 29.3 Å². The molecule has 0 radical (unpaired) electrons. The van der Waals surface area contributed by atoms with Crippen LogP contribution in [-0.2, 0) is 0 Å². The second-order valence-electron chi connectivity index (χ2n) is 6.19. The second kappa shape index (κ2) is 7.24. The van der Waals surface area contributed by atoms with Crippen molar-refractivity contribution in [1.82, 2.24) is 29.8 Å². The van der Waals surface area contributed by atoms with Crippen molar-refractivity contribution in [2.45, 2.75) is 13.8 Å². The first-order chi connectivity index (χ1) is 13.5. The SMILES string of the molecule is Cc1ccc(-n2ncc(C(=O)Nc3cnc(-n4nccn4)c(Cl)c3)c2C)cc1. The molecular weight excluding hydrogens is 378 g/mol. The second-order valence-corrected chi connectivity index (χ2v) is 6.60. The summed E-state index contributed by atoms with van der Waals surface area (Å²) in [6.07, 6.45) is 6.11. The number of pyridine rings is 1. The van der Waals surface area contributed by atoms with Crippen LogP contribution < -0.4 is 5.32 Å². The summed E-state index contributed by atoms with van der Waals surface area (Å²) in [6, 6.07) is 9.52. The molecule has 0 unspecified atom stereocenters. The zero-order valence-corrected chi connectivity index (χ0v) is 15.9. The fourth-order valence-corrected chi connectivity index (χ4v) is 2.99. The lowest BCUT2D eigenvalue weighted by molar-refractivity contribution is 0.102. The van der Waals surface area contributed by atoms with Crippen molar-refractivity contribution in [3.63, 3.8) is 0 Å². The number of hydrogen-bond acceptors (Lipinski definition) is 5. The molecule has 4 rings (SSSR count). The fourth-order valence-electron chi connectivity index (χ4n) is 2.75. The molecule has 0 fully saturated rings. The third kappa shape index (κ3) is 3.37. The van der Waals surface area contributed by atoms with Crippen LogP contribution in [0.1, 0.15) is 21.6 Å². The van der Waals surface area contributed by atoms with E-state index in [2.05, 4.69) is 25.6 Å². The van der Waals surface area contributed by atoms with E-state index in [1.165, 1.54) is 23.4 Å². The zero-order valence-electron chi connectivity index (χ0n) is 15.2. The van der Waals surface area contributed by atoms with E-state index in [9.17, 15) is 4.79 Å². The molecule has 28 heavy (non-hydrogen) atoms. The highest BCUT2D eigenvalue weighted by atomic mass is 35.5. The number of amides is 1. The van der Waals surface area contributed by atoms with Crippen LogP contribution in [0.2, 0.25) is 5.02 Å². The summed E-state index contributed by atoms with van der Waals surface area (Å²) in [4.78, 5) is 18.2. The number of anilines is 1. The van der Waals surface area contributed by atoms with Crippen LogP contribution in [0.4, 0.5) is 5.69 Å². The van der Waals surface area contributed by atoms with E-state index in [0.717, 1.165) is 16.9 Å². The molecule has 1 amide bonds. The van der Waals surface area contributed by atoms with Crippen LogP contribution in [0, 0.1) is 13.8 Å². The van der Waals surface area contributed by atoms with Crippen LogP contribution in [0.3, 0.4) is 0 Å². The molecule has 1 aromatic carbocycles. The molecule has 0 bridgehead atoms. The van der Waals surface area contributed by atoms with E-state index in [1.54, 1.807) is 16.9 Å². The van der Waals surface area contributed by atoms with E-state index < -0.39 is 0 Å². The normalized spacial score (nSPS) is 10.8. The number of benzene rings is 1. The number of aromatic nitrogens is 6. The lowest BCUT2D eigenvalue weighted by Gasteiger charge is -2.08. The first-order valence-corrected chi connectivity index (χ1v) is 8.86. The number of nitrogens with zero attached hydrogens (tertiary/aromatic N) is 6. The van der Waals surface area contributed by atoms with Crippen LogP contribution in [0.5, 0.6) is 0 Å². The molecule has 0 saturated carbocycles. The summed E-state index contributed by atoms with van der Waals surface area (Å²) in [5, 5.41) is 15.4. The highest BCUT2D eigenvalue weighted by Crippen LogP contribution is 2.22. The summed E-state index contributed by atoms with van der Waals surface area (Å²) in [7, 11) is 0. The third-order valence-corrected chi connectivity index (χ3v) is 4.50. The summed E-state index contributed by atoms with van der Waals surface area (Å²) < 4.78 is 1.73. The Morgan fingerprint density at radius 3 is 2.43 bits per heavy atom. The highest BCUT2D eigenvalue weighted by molar-refractivity contribution is 6.32. The molecule has 0 aliphatic carbocycles. The Morgan fingerprint density at radius 2 is 1.75 bits per heavy atom. The number of halogens is 1. The topological polar surface area (TPSA) is 90.5 Å². The quantitative estimate of drug-likeness (QED) is 0.574.